The van der Waals surface area contributed by atoms with E-state index in [1.54, 1.807) is 5.48 Å². The van der Waals surface area contributed by atoms with Crippen molar-refractivity contribution in [3.05, 3.63) is 30.1 Å². The van der Waals surface area contributed by atoms with Crippen LogP contribution in [0.2, 0.25) is 0 Å². The van der Waals surface area contributed by atoms with Crippen LogP contribution >= 0.6 is 11.8 Å². The van der Waals surface area contributed by atoms with Gasteiger partial charge in [0.15, 0.2) is 6.61 Å². The lowest BCUT2D eigenvalue weighted by Crippen LogP contribution is -2.30. The summed E-state index contributed by atoms with van der Waals surface area (Å²) < 4.78 is 47.6. The quantitative estimate of drug-likeness (QED) is 0.512. The number of carbonyl (C=O) groups is 1. The van der Waals surface area contributed by atoms with Gasteiger partial charge in [-0.25, -0.2) is 9.87 Å². The third kappa shape index (κ3) is 6.45. The summed E-state index contributed by atoms with van der Waals surface area (Å²) >= 11 is 1.06. The van der Waals surface area contributed by atoms with Crippen molar-refractivity contribution in [3.8, 4) is 0 Å². The summed E-state index contributed by atoms with van der Waals surface area (Å²) in [5.41, 5.74) is 1.67. The van der Waals surface area contributed by atoms with Crippen LogP contribution in [-0.2, 0) is 9.63 Å². The number of alkyl halides is 3. The van der Waals surface area contributed by atoms with Crippen molar-refractivity contribution in [1.29, 1.82) is 0 Å². The van der Waals surface area contributed by atoms with E-state index in [4.69, 9.17) is 0 Å². The van der Waals surface area contributed by atoms with Gasteiger partial charge < -0.3 is 0 Å². The Labute approximate surface area is 104 Å². The fraction of sp³-hybridized carbons (Fsp3) is 0.300. The zero-order valence-corrected chi connectivity index (χ0v) is 9.78. The third-order valence-corrected chi connectivity index (χ3v) is 2.62. The summed E-state index contributed by atoms with van der Waals surface area (Å²) in [5, 5.41) is 0. The topological polar surface area (TPSA) is 38.3 Å². The molecule has 0 bridgehead atoms. The van der Waals surface area contributed by atoms with E-state index in [0.717, 1.165) is 11.8 Å². The molecule has 0 aromatic heterocycles. The minimum Gasteiger partial charge on any atom is -0.272 e. The highest BCUT2D eigenvalue weighted by Crippen LogP contribution is 2.17. The predicted molar refractivity (Wildman–Crippen MR) is 57.3 cm³/mol. The molecule has 18 heavy (non-hydrogen) atoms. The highest BCUT2D eigenvalue weighted by Gasteiger charge is 2.28. The van der Waals surface area contributed by atoms with Gasteiger partial charge in [-0.3, -0.25) is 9.63 Å². The predicted octanol–water partition coefficient (Wildman–Crippen LogP) is 2.53. The number of carbonyl (C=O) groups excluding carboxylic acids is 1. The van der Waals surface area contributed by atoms with Gasteiger partial charge in [-0.1, -0.05) is 0 Å². The summed E-state index contributed by atoms with van der Waals surface area (Å²) in [6.07, 6.45) is -4.49. The van der Waals surface area contributed by atoms with Crippen molar-refractivity contribution in [2.24, 2.45) is 0 Å². The van der Waals surface area contributed by atoms with Gasteiger partial charge in [-0.15, -0.1) is 11.8 Å². The van der Waals surface area contributed by atoms with E-state index in [0.29, 0.717) is 4.90 Å². The van der Waals surface area contributed by atoms with Crippen LogP contribution in [0.1, 0.15) is 0 Å². The number of benzene rings is 1. The fourth-order valence-electron chi connectivity index (χ4n) is 0.908. The van der Waals surface area contributed by atoms with E-state index in [2.05, 4.69) is 4.84 Å². The van der Waals surface area contributed by atoms with Crippen LogP contribution in [0.15, 0.2) is 29.2 Å². The average molecular weight is 283 g/mol. The first-order valence-corrected chi connectivity index (χ1v) is 5.71. The molecule has 1 N–H and O–H groups in total. The first-order chi connectivity index (χ1) is 8.37. The number of amides is 1. The van der Waals surface area contributed by atoms with Crippen LogP contribution in [-0.4, -0.2) is 24.4 Å². The van der Waals surface area contributed by atoms with Crippen molar-refractivity contribution >= 4 is 17.7 Å². The highest BCUT2D eigenvalue weighted by molar-refractivity contribution is 8.00. The van der Waals surface area contributed by atoms with E-state index in [-0.39, 0.29) is 5.75 Å². The molecule has 1 aromatic rings. The van der Waals surface area contributed by atoms with E-state index in [9.17, 15) is 22.4 Å². The largest absolute Gasteiger partial charge is 0.414 e. The SMILES string of the molecule is O=C(CSc1ccc(F)cc1)NOCC(F)(F)F. The number of hydrogen-bond donors (Lipinski definition) is 1. The maximum absolute atomic E-state index is 12.5. The Bertz CT molecular complexity index is 394. The molecule has 0 aliphatic carbocycles. The molecule has 1 aromatic carbocycles. The number of halogens is 4. The number of rotatable bonds is 5. The average Bonchev–Trinajstić information content (AvgIpc) is 2.26. The molecule has 0 atom stereocenters. The fourth-order valence-corrected chi connectivity index (χ4v) is 1.59. The van der Waals surface area contributed by atoms with Crippen LogP contribution in [0.25, 0.3) is 0 Å². The normalized spacial score (nSPS) is 11.3. The van der Waals surface area contributed by atoms with Crippen molar-refractivity contribution in [3.63, 3.8) is 0 Å². The molecule has 0 spiro atoms. The molecule has 0 fully saturated rings. The summed E-state index contributed by atoms with van der Waals surface area (Å²) in [5.74, 6) is -1.23. The van der Waals surface area contributed by atoms with Crippen LogP contribution in [0.5, 0.6) is 0 Å². The molecule has 0 unspecified atom stereocenters. The van der Waals surface area contributed by atoms with Crippen LogP contribution < -0.4 is 5.48 Å². The van der Waals surface area contributed by atoms with E-state index < -0.39 is 24.5 Å². The number of nitrogens with one attached hydrogen (secondary N) is 1. The molecule has 0 heterocycles. The number of hydroxylamine groups is 1. The van der Waals surface area contributed by atoms with Gasteiger partial charge in [0.05, 0.1) is 5.75 Å². The van der Waals surface area contributed by atoms with Gasteiger partial charge in [0, 0.05) is 4.90 Å². The maximum atomic E-state index is 12.5. The summed E-state index contributed by atoms with van der Waals surface area (Å²) in [4.78, 5) is 15.7. The highest BCUT2D eigenvalue weighted by atomic mass is 32.2. The first-order valence-electron chi connectivity index (χ1n) is 4.72. The molecule has 3 nitrogen and oxygen atoms in total. The van der Waals surface area contributed by atoms with Crippen LogP contribution in [0.3, 0.4) is 0 Å². The molecule has 0 aliphatic heterocycles. The van der Waals surface area contributed by atoms with Crippen LogP contribution in [0.4, 0.5) is 17.6 Å². The number of hydrogen-bond acceptors (Lipinski definition) is 3. The third-order valence-electron chi connectivity index (χ3n) is 1.61. The lowest BCUT2D eigenvalue weighted by molar-refractivity contribution is -0.191. The Morgan fingerprint density at radius 2 is 1.89 bits per heavy atom. The molecule has 8 heteroatoms. The van der Waals surface area contributed by atoms with E-state index in [1.165, 1.54) is 24.3 Å². The van der Waals surface area contributed by atoms with Gasteiger partial charge in [0.2, 0.25) is 0 Å². The first kappa shape index (κ1) is 14.8. The minimum atomic E-state index is -4.49. The van der Waals surface area contributed by atoms with Gasteiger partial charge in [0.25, 0.3) is 5.91 Å². The summed E-state index contributed by atoms with van der Waals surface area (Å²) in [6, 6.07) is 5.37. The zero-order valence-electron chi connectivity index (χ0n) is 8.96. The smallest absolute Gasteiger partial charge is 0.272 e. The second kappa shape index (κ2) is 6.60. The Morgan fingerprint density at radius 1 is 1.28 bits per heavy atom. The van der Waals surface area contributed by atoms with Gasteiger partial charge in [0.1, 0.15) is 5.82 Å². The molecule has 0 radical (unpaired) electrons. The van der Waals surface area contributed by atoms with Crippen LogP contribution in [0, 0.1) is 5.82 Å². The summed E-state index contributed by atoms with van der Waals surface area (Å²) in [6.45, 7) is -1.54. The maximum Gasteiger partial charge on any atom is 0.414 e. The monoisotopic (exact) mass is 283 g/mol. The molecule has 100 valence electrons. The Balaban J connectivity index is 2.23. The van der Waals surface area contributed by atoms with Gasteiger partial charge in [-0.05, 0) is 24.3 Å². The van der Waals surface area contributed by atoms with Crippen molar-refractivity contribution in [2.45, 2.75) is 11.1 Å². The molecule has 1 amide bonds. The Kier molecular flexibility index (Phi) is 5.42. The van der Waals surface area contributed by atoms with E-state index >= 15 is 0 Å². The second-order valence-corrected chi connectivity index (χ2v) is 4.22. The molecular weight excluding hydrogens is 274 g/mol. The van der Waals surface area contributed by atoms with Crippen molar-refractivity contribution < 1.29 is 27.2 Å². The Morgan fingerprint density at radius 3 is 2.44 bits per heavy atom. The minimum absolute atomic E-state index is 0.122. The molecular formula is C10H9F4NO2S. The van der Waals surface area contributed by atoms with Crippen molar-refractivity contribution in [1.82, 2.24) is 5.48 Å². The molecule has 0 saturated heterocycles. The van der Waals surface area contributed by atoms with Gasteiger partial charge in [-0.2, -0.15) is 13.2 Å². The zero-order chi connectivity index (χ0) is 13.6. The Hall–Kier alpha value is -1.28. The lowest BCUT2D eigenvalue weighted by Gasteiger charge is -2.08. The van der Waals surface area contributed by atoms with E-state index in [1.807, 2.05) is 0 Å². The second-order valence-electron chi connectivity index (χ2n) is 3.17. The lowest BCUT2D eigenvalue weighted by atomic mass is 10.4. The summed E-state index contributed by atoms with van der Waals surface area (Å²) in [7, 11) is 0. The standard InChI is InChI=1S/C10H9F4NO2S/c11-7-1-3-8(4-2-7)18-5-9(16)15-17-6-10(12,13)14/h1-4H,5-6H2,(H,15,16). The van der Waals surface area contributed by atoms with Crippen molar-refractivity contribution in [2.75, 3.05) is 12.4 Å². The van der Waals surface area contributed by atoms with Gasteiger partial charge >= 0.3 is 6.18 Å². The molecule has 1 rings (SSSR count). The number of thioether (sulfide) groups is 1. The molecule has 0 saturated carbocycles. The molecule has 0 aliphatic rings.